The third-order valence-corrected chi connectivity index (χ3v) is 5.55. The number of methoxy groups -OCH3 is 1. The van der Waals surface area contributed by atoms with Gasteiger partial charge in [-0.15, -0.1) is 5.10 Å². The van der Waals surface area contributed by atoms with E-state index in [1.54, 1.807) is 22.8 Å². The van der Waals surface area contributed by atoms with E-state index in [1.165, 1.54) is 24.1 Å². The van der Waals surface area contributed by atoms with Gasteiger partial charge in [0.2, 0.25) is 11.8 Å². The van der Waals surface area contributed by atoms with Gasteiger partial charge >= 0.3 is 0 Å². The van der Waals surface area contributed by atoms with E-state index in [2.05, 4.69) is 25.5 Å². The number of hydrogen-bond donors (Lipinski definition) is 2. The Morgan fingerprint density at radius 1 is 1.31 bits per heavy atom. The number of hydrogen-bond acceptors (Lipinski definition) is 7. The fraction of sp³-hybridized carbons (Fsp3) is 0.368. The fourth-order valence-electron chi connectivity index (χ4n) is 3.90. The van der Waals surface area contributed by atoms with Crippen LogP contribution in [0.5, 0.6) is 5.88 Å². The predicted molar refractivity (Wildman–Crippen MR) is 103 cm³/mol. The lowest BCUT2D eigenvalue weighted by atomic mass is 9.74. The molecule has 0 aromatic carbocycles. The number of fused-ring (bicyclic) bond motifs is 2. The number of halogens is 1. The van der Waals surface area contributed by atoms with Gasteiger partial charge in [-0.25, -0.2) is 18.4 Å². The molecule has 1 fully saturated rings. The molecule has 1 aliphatic rings. The van der Waals surface area contributed by atoms with Gasteiger partial charge in [-0.05, 0) is 31.4 Å². The van der Waals surface area contributed by atoms with Gasteiger partial charge in [0.05, 0.1) is 24.5 Å². The van der Waals surface area contributed by atoms with Gasteiger partial charge in [0.15, 0.2) is 11.5 Å². The van der Waals surface area contributed by atoms with Crippen molar-refractivity contribution in [1.82, 2.24) is 29.2 Å². The number of aliphatic hydroxyl groups is 1. The number of nitrogens with one attached hydrogen (secondary N) is 1. The van der Waals surface area contributed by atoms with Crippen molar-refractivity contribution in [3.63, 3.8) is 0 Å². The Hall–Kier alpha value is -3.27. The van der Waals surface area contributed by atoms with Crippen molar-refractivity contribution in [3.8, 4) is 17.0 Å². The van der Waals surface area contributed by atoms with Gasteiger partial charge in [-0.1, -0.05) is 6.92 Å². The first-order chi connectivity index (χ1) is 14.0. The quantitative estimate of drug-likeness (QED) is 0.533. The highest BCUT2D eigenvalue weighted by Gasteiger charge is 2.41. The maximum Gasteiger partial charge on any atom is 0.244 e. The third-order valence-electron chi connectivity index (χ3n) is 5.55. The Morgan fingerprint density at radius 2 is 2.14 bits per heavy atom. The highest BCUT2D eigenvalue weighted by atomic mass is 19.1. The van der Waals surface area contributed by atoms with E-state index in [1.807, 2.05) is 6.92 Å². The molecule has 10 heteroatoms. The van der Waals surface area contributed by atoms with Crippen LogP contribution in [0.2, 0.25) is 0 Å². The average molecular weight is 397 g/mol. The molecule has 4 aromatic rings. The van der Waals surface area contributed by atoms with E-state index in [-0.39, 0.29) is 11.9 Å². The van der Waals surface area contributed by atoms with E-state index in [0.29, 0.717) is 47.5 Å². The van der Waals surface area contributed by atoms with Crippen molar-refractivity contribution in [3.05, 3.63) is 36.7 Å². The van der Waals surface area contributed by atoms with Crippen molar-refractivity contribution in [2.45, 2.75) is 37.8 Å². The van der Waals surface area contributed by atoms with Crippen LogP contribution in [0.3, 0.4) is 0 Å². The van der Waals surface area contributed by atoms with Crippen LogP contribution in [0, 0.1) is 5.82 Å². The highest BCUT2D eigenvalue weighted by molar-refractivity contribution is 5.85. The van der Waals surface area contributed by atoms with Gasteiger partial charge in [-0.3, -0.25) is 0 Å². The summed E-state index contributed by atoms with van der Waals surface area (Å²) in [7, 11) is 1.49. The molecule has 0 atom stereocenters. The summed E-state index contributed by atoms with van der Waals surface area (Å²) < 4.78 is 23.4. The molecule has 1 saturated carbocycles. The zero-order valence-electron chi connectivity index (χ0n) is 16.0. The fourth-order valence-corrected chi connectivity index (χ4v) is 3.90. The van der Waals surface area contributed by atoms with Gasteiger partial charge in [0.25, 0.3) is 0 Å². The molecule has 0 aliphatic heterocycles. The molecule has 150 valence electrons. The second-order valence-electron chi connectivity index (χ2n) is 7.40. The van der Waals surface area contributed by atoms with Crippen LogP contribution in [0.4, 0.5) is 10.3 Å². The summed E-state index contributed by atoms with van der Waals surface area (Å²) in [5.74, 6) is 0.133. The molecule has 4 heterocycles. The van der Waals surface area contributed by atoms with E-state index in [9.17, 15) is 9.50 Å². The Morgan fingerprint density at radius 3 is 2.90 bits per heavy atom. The van der Waals surface area contributed by atoms with Crippen LogP contribution in [-0.2, 0) is 0 Å². The molecular formula is C19H20FN7O2. The topological polar surface area (TPSA) is 102 Å². The molecule has 0 amide bonds. The number of rotatable bonds is 5. The van der Waals surface area contributed by atoms with Crippen LogP contribution < -0.4 is 10.1 Å². The molecule has 0 radical (unpaired) electrons. The van der Waals surface area contributed by atoms with E-state index in [0.717, 1.165) is 0 Å². The van der Waals surface area contributed by atoms with Crippen molar-refractivity contribution in [1.29, 1.82) is 0 Å². The van der Waals surface area contributed by atoms with Gasteiger partial charge in [-0.2, -0.15) is 10.1 Å². The number of ether oxygens (including phenoxy) is 1. The van der Waals surface area contributed by atoms with Crippen LogP contribution in [0.15, 0.2) is 30.9 Å². The molecule has 0 unspecified atom stereocenters. The summed E-state index contributed by atoms with van der Waals surface area (Å²) in [6.45, 7) is 1.96. The summed E-state index contributed by atoms with van der Waals surface area (Å²) in [6, 6.07) is 3.60. The molecule has 1 aliphatic carbocycles. The van der Waals surface area contributed by atoms with E-state index in [4.69, 9.17) is 4.74 Å². The Labute approximate surface area is 165 Å². The molecule has 0 bridgehead atoms. The van der Waals surface area contributed by atoms with Crippen molar-refractivity contribution < 1.29 is 14.2 Å². The molecule has 9 nitrogen and oxygen atoms in total. The number of nitrogens with zero attached hydrogens (tertiary/aromatic N) is 6. The molecule has 0 spiro atoms. The zero-order valence-corrected chi connectivity index (χ0v) is 16.0. The lowest BCUT2D eigenvalue weighted by molar-refractivity contribution is -0.0442. The first-order valence-corrected chi connectivity index (χ1v) is 9.41. The Balaban J connectivity index is 1.55. The molecule has 2 N–H and O–H groups in total. The van der Waals surface area contributed by atoms with Crippen molar-refractivity contribution >= 4 is 17.1 Å². The molecular weight excluding hydrogens is 377 g/mol. The highest BCUT2D eigenvalue weighted by Crippen LogP contribution is 2.37. The first kappa shape index (κ1) is 17.8. The van der Waals surface area contributed by atoms with Gasteiger partial charge in [0, 0.05) is 17.8 Å². The van der Waals surface area contributed by atoms with Gasteiger partial charge in [0.1, 0.15) is 11.8 Å². The lowest BCUT2D eigenvalue weighted by Crippen LogP contribution is -2.50. The van der Waals surface area contributed by atoms with Crippen LogP contribution in [0.25, 0.3) is 22.3 Å². The lowest BCUT2D eigenvalue weighted by Gasteiger charge is -2.43. The maximum atomic E-state index is 14.9. The van der Waals surface area contributed by atoms with Crippen LogP contribution in [-0.4, -0.2) is 53.1 Å². The summed E-state index contributed by atoms with van der Waals surface area (Å²) >= 11 is 0. The predicted octanol–water partition coefficient (Wildman–Crippen LogP) is 2.30. The smallest absolute Gasteiger partial charge is 0.244 e. The minimum atomic E-state index is -0.626. The van der Waals surface area contributed by atoms with Gasteiger partial charge < -0.3 is 15.2 Å². The van der Waals surface area contributed by atoms with Crippen LogP contribution >= 0.6 is 0 Å². The summed E-state index contributed by atoms with van der Waals surface area (Å²) in [5, 5.41) is 21.9. The molecule has 0 saturated heterocycles. The minimum Gasteiger partial charge on any atom is -0.479 e. The summed E-state index contributed by atoms with van der Waals surface area (Å²) in [5.41, 5.74) is 1.40. The number of anilines is 1. The summed E-state index contributed by atoms with van der Waals surface area (Å²) in [4.78, 5) is 8.52. The van der Waals surface area contributed by atoms with E-state index < -0.39 is 11.4 Å². The summed E-state index contributed by atoms with van der Waals surface area (Å²) in [6.07, 6.45) is 6.39. The largest absolute Gasteiger partial charge is 0.479 e. The zero-order chi connectivity index (χ0) is 20.2. The van der Waals surface area contributed by atoms with Crippen LogP contribution in [0.1, 0.15) is 26.2 Å². The van der Waals surface area contributed by atoms with Crippen molar-refractivity contribution in [2.24, 2.45) is 0 Å². The molecule has 29 heavy (non-hydrogen) atoms. The minimum absolute atomic E-state index is 0.0664. The molecule has 5 rings (SSSR count). The van der Waals surface area contributed by atoms with Crippen molar-refractivity contribution in [2.75, 3.05) is 12.4 Å². The second kappa shape index (κ2) is 6.38. The number of aromatic nitrogens is 6. The second-order valence-corrected chi connectivity index (χ2v) is 7.40. The average Bonchev–Trinajstić information content (AvgIpc) is 3.28. The van der Waals surface area contributed by atoms with E-state index >= 15 is 0 Å². The monoisotopic (exact) mass is 397 g/mol. The third kappa shape index (κ3) is 2.87. The Bertz CT molecular complexity index is 1210. The number of pyridine rings is 1. The first-order valence-electron chi connectivity index (χ1n) is 9.41. The standard InChI is InChI=1S/C19H20FN7O2/c1-3-19(28)6-12(7-19)23-18-24-17(29-2)16-15(13(20)9-27(16)25-18)11-4-5-14-21-10-22-26(14)8-11/h4-5,8-10,12,28H,3,6-7H2,1-2H3,(H,23,25)/t12-,19-. The molecule has 4 aromatic heterocycles. The SMILES string of the molecule is CC[C@]1(O)C[C@H](Nc2nc(OC)c3c(-c4ccc5ncnn5c4)c(F)cn3n2)C1. The maximum absolute atomic E-state index is 14.9. The normalized spacial score (nSPS) is 21.4. The Kier molecular flexibility index (Phi) is 3.91.